The normalized spacial score (nSPS) is 19.8. The van der Waals surface area contributed by atoms with Gasteiger partial charge in [0.1, 0.15) is 12.1 Å². The third-order valence-corrected chi connectivity index (χ3v) is 4.68. The van der Waals surface area contributed by atoms with Crippen molar-refractivity contribution in [3.8, 4) is 0 Å². The Morgan fingerprint density at radius 2 is 1.95 bits per heavy atom. The molecule has 0 amide bonds. The molecule has 0 bridgehead atoms. The number of rotatable bonds is 5. The van der Waals surface area contributed by atoms with Crippen LogP contribution in [0.1, 0.15) is 50.6 Å². The monoisotopic (exact) mass is 277 g/mol. The molecule has 3 heteroatoms. The van der Waals surface area contributed by atoms with E-state index in [0.29, 0.717) is 12.1 Å². The number of aldehydes is 1. The Kier molecular flexibility index (Phi) is 4.92. The Labute approximate surface area is 121 Å². The number of carbonyl (C=O) groups is 1. The second-order valence-corrected chi connectivity index (χ2v) is 6.15. The van der Waals surface area contributed by atoms with Crippen LogP contribution in [0.3, 0.4) is 0 Å². The number of hydrogen-bond acceptors (Lipinski definition) is 2. The molecule has 2 rings (SSSR count). The predicted octanol–water partition coefficient (Wildman–Crippen LogP) is 3.97. The molecule has 20 heavy (non-hydrogen) atoms. The summed E-state index contributed by atoms with van der Waals surface area (Å²) in [5.74, 6) is -0.171. The molecule has 0 radical (unpaired) electrons. The van der Waals surface area contributed by atoms with Crippen LogP contribution in [-0.4, -0.2) is 24.8 Å². The van der Waals surface area contributed by atoms with E-state index in [2.05, 4.69) is 4.90 Å². The van der Waals surface area contributed by atoms with E-state index in [1.54, 1.807) is 6.07 Å². The van der Waals surface area contributed by atoms with E-state index in [0.717, 1.165) is 32.0 Å². The molecule has 0 heterocycles. The zero-order valence-corrected chi connectivity index (χ0v) is 12.4. The SMILES string of the molecule is CC(c1ccccc1F)N(C)CC1(C=O)CCCCC1. The lowest BCUT2D eigenvalue weighted by Gasteiger charge is -2.38. The van der Waals surface area contributed by atoms with Gasteiger partial charge in [0.05, 0.1) is 0 Å². The van der Waals surface area contributed by atoms with E-state index in [-0.39, 0.29) is 17.3 Å². The summed E-state index contributed by atoms with van der Waals surface area (Å²) in [7, 11) is 1.98. The molecule has 0 aliphatic heterocycles. The van der Waals surface area contributed by atoms with Gasteiger partial charge in [-0.15, -0.1) is 0 Å². The van der Waals surface area contributed by atoms with E-state index in [1.165, 1.54) is 12.5 Å². The zero-order chi connectivity index (χ0) is 14.6. The van der Waals surface area contributed by atoms with Gasteiger partial charge in [-0.25, -0.2) is 4.39 Å². The number of benzene rings is 1. The summed E-state index contributed by atoms with van der Waals surface area (Å²) in [6, 6.07) is 6.87. The first-order chi connectivity index (χ1) is 9.58. The number of hydrogen-bond donors (Lipinski definition) is 0. The molecule has 0 saturated heterocycles. The van der Waals surface area contributed by atoms with Crippen LogP contribution in [0, 0.1) is 11.2 Å². The van der Waals surface area contributed by atoms with E-state index in [9.17, 15) is 9.18 Å². The van der Waals surface area contributed by atoms with Crippen molar-refractivity contribution in [3.05, 3.63) is 35.6 Å². The maximum Gasteiger partial charge on any atom is 0.127 e. The molecule has 1 fully saturated rings. The predicted molar refractivity (Wildman–Crippen MR) is 79.0 cm³/mol. The lowest BCUT2D eigenvalue weighted by Crippen LogP contribution is -2.39. The van der Waals surface area contributed by atoms with Gasteiger partial charge in [0.2, 0.25) is 0 Å². The van der Waals surface area contributed by atoms with Crippen LogP contribution in [0.4, 0.5) is 4.39 Å². The summed E-state index contributed by atoms with van der Waals surface area (Å²) in [5, 5.41) is 0. The quantitative estimate of drug-likeness (QED) is 0.759. The topological polar surface area (TPSA) is 20.3 Å². The Morgan fingerprint density at radius 1 is 1.30 bits per heavy atom. The van der Waals surface area contributed by atoms with Crippen LogP contribution in [0.15, 0.2) is 24.3 Å². The van der Waals surface area contributed by atoms with Crippen molar-refractivity contribution in [2.75, 3.05) is 13.6 Å². The van der Waals surface area contributed by atoms with Crippen LogP contribution in [0.25, 0.3) is 0 Å². The van der Waals surface area contributed by atoms with Gasteiger partial charge in [0.25, 0.3) is 0 Å². The molecule has 0 spiro atoms. The highest BCUT2D eigenvalue weighted by Gasteiger charge is 2.34. The third-order valence-electron chi connectivity index (χ3n) is 4.68. The average molecular weight is 277 g/mol. The summed E-state index contributed by atoms with van der Waals surface area (Å²) in [4.78, 5) is 13.7. The summed E-state index contributed by atoms with van der Waals surface area (Å²) < 4.78 is 13.9. The third kappa shape index (κ3) is 3.26. The molecule has 1 aliphatic rings. The molecule has 1 atom stereocenters. The molecule has 110 valence electrons. The average Bonchev–Trinajstić information content (AvgIpc) is 2.48. The number of carbonyl (C=O) groups excluding carboxylic acids is 1. The molecule has 1 aromatic rings. The lowest BCUT2D eigenvalue weighted by atomic mass is 9.74. The molecule has 1 aromatic carbocycles. The van der Waals surface area contributed by atoms with Gasteiger partial charge in [-0.05, 0) is 32.9 Å². The van der Waals surface area contributed by atoms with Crippen LogP contribution in [0.5, 0.6) is 0 Å². The first-order valence-electron chi connectivity index (χ1n) is 7.49. The van der Waals surface area contributed by atoms with E-state index in [1.807, 2.05) is 26.1 Å². The maximum atomic E-state index is 13.9. The van der Waals surface area contributed by atoms with Gasteiger partial charge in [-0.2, -0.15) is 0 Å². The first kappa shape index (κ1) is 15.2. The van der Waals surface area contributed by atoms with Gasteiger partial charge in [0.15, 0.2) is 0 Å². The van der Waals surface area contributed by atoms with Gasteiger partial charge >= 0.3 is 0 Å². The standard InChI is InChI=1S/C17H24FNO/c1-14(15-8-4-5-9-16(15)18)19(2)12-17(13-20)10-6-3-7-11-17/h4-5,8-9,13-14H,3,6-7,10-12H2,1-2H3. The largest absolute Gasteiger partial charge is 0.303 e. The molecule has 1 saturated carbocycles. The minimum absolute atomic E-state index is 0.0186. The van der Waals surface area contributed by atoms with Gasteiger partial charge < -0.3 is 4.79 Å². The summed E-state index contributed by atoms with van der Waals surface area (Å²) >= 11 is 0. The molecule has 0 N–H and O–H groups in total. The Balaban J connectivity index is 2.09. The Morgan fingerprint density at radius 3 is 2.55 bits per heavy atom. The van der Waals surface area contributed by atoms with E-state index < -0.39 is 0 Å². The Hall–Kier alpha value is -1.22. The zero-order valence-electron chi connectivity index (χ0n) is 12.4. The van der Waals surface area contributed by atoms with Crippen molar-refractivity contribution in [1.29, 1.82) is 0 Å². The molecule has 0 aromatic heterocycles. The highest BCUT2D eigenvalue weighted by atomic mass is 19.1. The molecular formula is C17H24FNO. The maximum absolute atomic E-state index is 13.9. The fraction of sp³-hybridized carbons (Fsp3) is 0.588. The summed E-state index contributed by atoms with van der Waals surface area (Å²) in [6.45, 7) is 2.71. The first-order valence-corrected chi connectivity index (χ1v) is 7.49. The van der Waals surface area contributed by atoms with E-state index in [4.69, 9.17) is 0 Å². The smallest absolute Gasteiger partial charge is 0.127 e. The molecular weight excluding hydrogens is 253 g/mol. The van der Waals surface area contributed by atoms with Crippen LogP contribution < -0.4 is 0 Å². The van der Waals surface area contributed by atoms with Crippen molar-refractivity contribution < 1.29 is 9.18 Å². The van der Waals surface area contributed by atoms with Gasteiger partial charge in [-0.1, -0.05) is 37.5 Å². The van der Waals surface area contributed by atoms with Crippen LogP contribution in [-0.2, 0) is 4.79 Å². The van der Waals surface area contributed by atoms with Gasteiger partial charge in [0, 0.05) is 23.6 Å². The van der Waals surface area contributed by atoms with Crippen molar-refractivity contribution in [3.63, 3.8) is 0 Å². The van der Waals surface area contributed by atoms with Crippen molar-refractivity contribution >= 4 is 6.29 Å². The molecule has 1 unspecified atom stereocenters. The molecule has 1 aliphatic carbocycles. The second kappa shape index (κ2) is 6.49. The van der Waals surface area contributed by atoms with Crippen LogP contribution in [0.2, 0.25) is 0 Å². The molecule has 2 nitrogen and oxygen atoms in total. The minimum Gasteiger partial charge on any atom is -0.303 e. The van der Waals surface area contributed by atoms with E-state index >= 15 is 0 Å². The highest BCUT2D eigenvalue weighted by molar-refractivity contribution is 5.60. The lowest BCUT2D eigenvalue weighted by molar-refractivity contribution is -0.119. The fourth-order valence-electron chi connectivity index (χ4n) is 3.25. The summed E-state index contributed by atoms with van der Waals surface area (Å²) in [5.41, 5.74) is 0.471. The Bertz CT molecular complexity index is 454. The van der Waals surface area contributed by atoms with Crippen molar-refractivity contribution in [2.24, 2.45) is 5.41 Å². The fourth-order valence-corrected chi connectivity index (χ4v) is 3.25. The highest BCUT2D eigenvalue weighted by Crippen LogP contribution is 2.36. The second-order valence-electron chi connectivity index (χ2n) is 6.15. The van der Waals surface area contributed by atoms with Crippen molar-refractivity contribution in [1.82, 2.24) is 4.90 Å². The minimum atomic E-state index is -0.230. The van der Waals surface area contributed by atoms with Gasteiger partial charge in [-0.3, -0.25) is 4.90 Å². The van der Waals surface area contributed by atoms with Crippen molar-refractivity contribution in [2.45, 2.75) is 45.1 Å². The number of nitrogens with zero attached hydrogens (tertiary/aromatic N) is 1. The van der Waals surface area contributed by atoms with Crippen LogP contribution >= 0.6 is 0 Å². The number of halogens is 1. The summed E-state index contributed by atoms with van der Waals surface area (Å²) in [6.07, 6.45) is 6.54.